The van der Waals surface area contributed by atoms with Crippen LogP contribution in [0, 0.1) is 0 Å². The number of rotatable bonds is 1. The van der Waals surface area contributed by atoms with E-state index >= 15 is 0 Å². The number of halogens is 1. The molecule has 1 aliphatic rings. The molecule has 1 aromatic heterocycles. The van der Waals surface area contributed by atoms with E-state index < -0.39 is 0 Å². The maximum Gasteiger partial charge on any atom is 0.0977 e. The molecule has 0 bridgehead atoms. The Hall–Kier alpha value is -2.06. The molecule has 0 unspecified atom stereocenters. The highest BCUT2D eigenvalue weighted by Gasteiger charge is 2.25. The largest absolute Gasteiger partial charge is 0.277 e. The Kier molecular flexibility index (Phi) is 2.26. The van der Waals surface area contributed by atoms with Crippen LogP contribution in [0.25, 0.3) is 22.5 Å². The van der Waals surface area contributed by atoms with Crippen LogP contribution in [0.15, 0.2) is 48.5 Å². The summed E-state index contributed by atoms with van der Waals surface area (Å²) in [6.45, 7) is 0. The number of hydrogen-bond donors (Lipinski definition) is 1. The van der Waals surface area contributed by atoms with Crippen molar-refractivity contribution in [2.75, 3.05) is 0 Å². The van der Waals surface area contributed by atoms with Gasteiger partial charge in [-0.25, -0.2) is 0 Å². The second kappa shape index (κ2) is 3.97. The molecule has 0 saturated heterocycles. The molecule has 3 heteroatoms. The Morgan fingerprint density at radius 1 is 0.947 bits per heavy atom. The van der Waals surface area contributed by atoms with E-state index in [1.165, 1.54) is 16.7 Å². The number of fused-ring (bicyclic) bond motifs is 3. The fourth-order valence-electron chi connectivity index (χ4n) is 2.74. The minimum absolute atomic E-state index is 0.743. The summed E-state index contributed by atoms with van der Waals surface area (Å²) in [7, 11) is 0. The number of aromatic amines is 1. The molecule has 0 radical (unpaired) electrons. The van der Waals surface area contributed by atoms with Crippen LogP contribution in [0.4, 0.5) is 0 Å². The number of nitrogens with zero attached hydrogens (tertiary/aromatic N) is 1. The molecule has 2 aromatic carbocycles. The van der Waals surface area contributed by atoms with Crippen LogP contribution in [-0.2, 0) is 6.42 Å². The highest BCUT2D eigenvalue weighted by atomic mass is 35.5. The SMILES string of the molecule is Clc1ccccc1-c1n[nH]c2c1Cc1ccccc1-2. The van der Waals surface area contributed by atoms with Gasteiger partial charge in [0.05, 0.1) is 16.4 Å². The van der Waals surface area contributed by atoms with E-state index in [1.54, 1.807) is 0 Å². The van der Waals surface area contributed by atoms with Gasteiger partial charge in [0.2, 0.25) is 0 Å². The fourth-order valence-corrected chi connectivity index (χ4v) is 2.97. The van der Waals surface area contributed by atoms with E-state index in [1.807, 2.05) is 24.3 Å². The van der Waals surface area contributed by atoms with E-state index in [0.717, 1.165) is 28.4 Å². The van der Waals surface area contributed by atoms with Gasteiger partial charge in [-0.2, -0.15) is 5.10 Å². The number of H-pyrrole nitrogens is 1. The normalized spacial score (nSPS) is 12.3. The van der Waals surface area contributed by atoms with Crippen molar-refractivity contribution < 1.29 is 0 Å². The Morgan fingerprint density at radius 3 is 2.53 bits per heavy atom. The third-order valence-electron chi connectivity index (χ3n) is 3.65. The van der Waals surface area contributed by atoms with Crippen LogP contribution in [0.5, 0.6) is 0 Å². The number of benzene rings is 2. The van der Waals surface area contributed by atoms with E-state index in [2.05, 4.69) is 34.5 Å². The summed E-state index contributed by atoms with van der Waals surface area (Å²) in [6, 6.07) is 16.3. The molecule has 0 amide bonds. The first-order chi connectivity index (χ1) is 9.34. The minimum atomic E-state index is 0.743. The van der Waals surface area contributed by atoms with Gasteiger partial charge >= 0.3 is 0 Å². The lowest BCUT2D eigenvalue weighted by Gasteiger charge is -2.02. The lowest BCUT2D eigenvalue weighted by atomic mass is 10.1. The molecule has 0 spiro atoms. The lowest BCUT2D eigenvalue weighted by molar-refractivity contribution is 1.09. The zero-order valence-electron chi connectivity index (χ0n) is 10.2. The van der Waals surface area contributed by atoms with Crippen molar-refractivity contribution in [3.05, 3.63) is 64.7 Å². The number of hydrogen-bond acceptors (Lipinski definition) is 1. The fraction of sp³-hybridized carbons (Fsp3) is 0.0625. The molecule has 1 heterocycles. The Balaban J connectivity index is 1.92. The van der Waals surface area contributed by atoms with Gasteiger partial charge in [0.15, 0.2) is 0 Å². The van der Waals surface area contributed by atoms with Crippen LogP contribution < -0.4 is 0 Å². The highest BCUT2D eigenvalue weighted by Crippen LogP contribution is 2.41. The third kappa shape index (κ3) is 1.53. The van der Waals surface area contributed by atoms with Crippen molar-refractivity contribution in [3.8, 4) is 22.5 Å². The Morgan fingerprint density at radius 2 is 1.68 bits per heavy atom. The third-order valence-corrected chi connectivity index (χ3v) is 3.98. The molecule has 0 fully saturated rings. The maximum absolute atomic E-state index is 6.27. The predicted octanol–water partition coefficient (Wildman–Crippen LogP) is 4.30. The van der Waals surface area contributed by atoms with E-state index in [0.29, 0.717) is 0 Å². The predicted molar refractivity (Wildman–Crippen MR) is 77.3 cm³/mol. The molecule has 0 saturated carbocycles. The van der Waals surface area contributed by atoms with Gasteiger partial charge in [-0.1, -0.05) is 54.1 Å². The van der Waals surface area contributed by atoms with Crippen LogP contribution in [-0.4, -0.2) is 10.2 Å². The highest BCUT2D eigenvalue weighted by molar-refractivity contribution is 6.33. The van der Waals surface area contributed by atoms with Gasteiger partial charge < -0.3 is 0 Å². The molecule has 4 rings (SSSR count). The summed E-state index contributed by atoms with van der Waals surface area (Å²) in [5.41, 5.74) is 6.94. The smallest absolute Gasteiger partial charge is 0.0977 e. The van der Waals surface area contributed by atoms with Gasteiger partial charge in [-0.15, -0.1) is 0 Å². The van der Waals surface area contributed by atoms with Crippen molar-refractivity contribution in [1.82, 2.24) is 10.2 Å². The van der Waals surface area contributed by atoms with Crippen LogP contribution in [0.1, 0.15) is 11.1 Å². The molecule has 0 atom stereocenters. The van der Waals surface area contributed by atoms with Crippen LogP contribution >= 0.6 is 11.6 Å². The van der Waals surface area contributed by atoms with Crippen molar-refractivity contribution in [1.29, 1.82) is 0 Å². The van der Waals surface area contributed by atoms with Gasteiger partial charge in [0.1, 0.15) is 0 Å². The van der Waals surface area contributed by atoms with Crippen molar-refractivity contribution in [2.24, 2.45) is 0 Å². The van der Waals surface area contributed by atoms with E-state index in [4.69, 9.17) is 11.6 Å². The molecular formula is C16H11ClN2. The molecule has 2 nitrogen and oxygen atoms in total. The summed E-state index contributed by atoms with van der Waals surface area (Å²) < 4.78 is 0. The summed E-state index contributed by atoms with van der Waals surface area (Å²) in [6.07, 6.45) is 0.919. The first kappa shape index (κ1) is 10.8. The Bertz CT molecular complexity index is 774. The minimum Gasteiger partial charge on any atom is -0.277 e. The summed E-state index contributed by atoms with van der Waals surface area (Å²) in [5, 5.41) is 8.36. The van der Waals surface area contributed by atoms with Gasteiger partial charge in [-0.3, -0.25) is 5.10 Å². The first-order valence-electron chi connectivity index (χ1n) is 6.25. The second-order valence-corrected chi connectivity index (χ2v) is 5.15. The molecule has 1 aliphatic carbocycles. The topological polar surface area (TPSA) is 28.7 Å². The van der Waals surface area contributed by atoms with Crippen molar-refractivity contribution in [3.63, 3.8) is 0 Å². The molecular weight excluding hydrogens is 256 g/mol. The molecule has 1 N–H and O–H groups in total. The van der Waals surface area contributed by atoms with E-state index in [9.17, 15) is 0 Å². The van der Waals surface area contributed by atoms with E-state index in [-0.39, 0.29) is 0 Å². The quantitative estimate of drug-likeness (QED) is 0.547. The average molecular weight is 267 g/mol. The number of aromatic nitrogens is 2. The summed E-state index contributed by atoms with van der Waals surface area (Å²) in [4.78, 5) is 0. The lowest BCUT2D eigenvalue weighted by Crippen LogP contribution is -1.87. The maximum atomic E-state index is 6.27. The molecule has 92 valence electrons. The number of nitrogens with one attached hydrogen (secondary N) is 1. The van der Waals surface area contributed by atoms with Crippen LogP contribution in [0.2, 0.25) is 5.02 Å². The summed E-state index contributed by atoms with van der Waals surface area (Å²) in [5.74, 6) is 0. The zero-order valence-corrected chi connectivity index (χ0v) is 10.9. The van der Waals surface area contributed by atoms with Gasteiger partial charge in [0, 0.05) is 23.1 Å². The van der Waals surface area contributed by atoms with Gasteiger partial charge in [-0.05, 0) is 11.6 Å². The molecule has 19 heavy (non-hydrogen) atoms. The first-order valence-corrected chi connectivity index (χ1v) is 6.63. The Labute approximate surface area is 116 Å². The zero-order chi connectivity index (χ0) is 12.8. The standard InChI is InChI=1S/C16H11ClN2/c17-14-8-4-3-7-12(14)16-13-9-10-5-1-2-6-11(10)15(13)18-19-16/h1-8H,9H2,(H,18,19). The van der Waals surface area contributed by atoms with Crippen molar-refractivity contribution in [2.45, 2.75) is 6.42 Å². The molecule has 0 aliphatic heterocycles. The summed E-state index contributed by atoms with van der Waals surface area (Å²) >= 11 is 6.27. The van der Waals surface area contributed by atoms with Crippen LogP contribution in [0.3, 0.4) is 0 Å². The second-order valence-electron chi connectivity index (χ2n) is 4.74. The van der Waals surface area contributed by atoms with Gasteiger partial charge in [0.25, 0.3) is 0 Å². The van der Waals surface area contributed by atoms with Crippen molar-refractivity contribution >= 4 is 11.6 Å². The average Bonchev–Trinajstić information content (AvgIpc) is 2.98. The monoisotopic (exact) mass is 266 g/mol. The molecule has 3 aromatic rings.